The van der Waals surface area contributed by atoms with E-state index in [1.165, 1.54) is 0 Å². The third-order valence-electron chi connectivity index (χ3n) is 5.81. The van der Waals surface area contributed by atoms with E-state index in [4.69, 9.17) is 4.74 Å². The van der Waals surface area contributed by atoms with Crippen molar-refractivity contribution in [2.24, 2.45) is 5.92 Å². The maximum absolute atomic E-state index is 13.2. The number of ether oxygens (including phenoxy) is 1. The van der Waals surface area contributed by atoms with Crippen LogP contribution in [0.4, 0.5) is 0 Å². The molecule has 1 heterocycles. The highest BCUT2D eigenvalue weighted by atomic mass is 16.5. The minimum Gasteiger partial charge on any atom is -0.497 e. The van der Waals surface area contributed by atoms with Crippen LogP contribution < -0.4 is 4.74 Å². The number of hydrogen-bond donors (Lipinski definition) is 0. The minimum atomic E-state index is -0.0553. The van der Waals surface area contributed by atoms with Crippen LogP contribution in [-0.2, 0) is 4.79 Å². The molecule has 1 aromatic rings. The highest BCUT2D eigenvalue weighted by molar-refractivity contribution is 5.95. The fraction of sp³-hybridized carbons (Fsp3) is 0.619. The van der Waals surface area contributed by atoms with Gasteiger partial charge in [0.25, 0.3) is 5.91 Å². The molecule has 5 heteroatoms. The molecule has 0 spiro atoms. The van der Waals surface area contributed by atoms with Gasteiger partial charge in [0.15, 0.2) is 0 Å². The van der Waals surface area contributed by atoms with E-state index in [1.54, 1.807) is 7.11 Å². The summed E-state index contributed by atoms with van der Waals surface area (Å²) in [7, 11) is 3.53. The summed E-state index contributed by atoms with van der Waals surface area (Å²) in [5.41, 5.74) is 0.673. The van der Waals surface area contributed by atoms with Gasteiger partial charge in [0, 0.05) is 31.7 Å². The zero-order valence-corrected chi connectivity index (χ0v) is 15.9. The van der Waals surface area contributed by atoms with Gasteiger partial charge < -0.3 is 14.5 Å². The Morgan fingerprint density at radius 1 is 1.00 bits per heavy atom. The molecule has 0 unspecified atom stereocenters. The molecule has 2 atom stereocenters. The standard InChI is InChI=1S/C21H30N2O3/c1-22-14-5-3-4-6-15-23(19-9-7-8-18(19)21(22)25)20(24)16-10-12-17(26-2)13-11-16/h10-13,18-19H,3-9,14-15H2,1-2H3/t18-,19+/m1/s1. The number of hydrogen-bond acceptors (Lipinski definition) is 3. The molecule has 1 saturated carbocycles. The van der Waals surface area contributed by atoms with E-state index in [0.29, 0.717) is 5.56 Å². The lowest BCUT2D eigenvalue weighted by Gasteiger charge is -2.34. The Morgan fingerprint density at radius 3 is 2.38 bits per heavy atom. The largest absolute Gasteiger partial charge is 0.497 e. The molecule has 0 bridgehead atoms. The Kier molecular flexibility index (Phi) is 6.17. The van der Waals surface area contributed by atoms with Crippen LogP contribution in [0.2, 0.25) is 0 Å². The van der Waals surface area contributed by atoms with Crippen LogP contribution in [0, 0.1) is 5.92 Å². The maximum Gasteiger partial charge on any atom is 0.254 e. The van der Waals surface area contributed by atoms with Crippen LogP contribution in [0.5, 0.6) is 5.75 Å². The van der Waals surface area contributed by atoms with Crippen molar-refractivity contribution < 1.29 is 14.3 Å². The molecule has 142 valence electrons. The summed E-state index contributed by atoms with van der Waals surface area (Å²) < 4.78 is 5.20. The number of benzene rings is 1. The fourth-order valence-corrected chi connectivity index (χ4v) is 4.30. The quantitative estimate of drug-likeness (QED) is 0.815. The van der Waals surface area contributed by atoms with Gasteiger partial charge in [-0.25, -0.2) is 0 Å². The van der Waals surface area contributed by atoms with E-state index in [2.05, 4.69) is 0 Å². The lowest BCUT2D eigenvalue weighted by molar-refractivity contribution is -0.135. The van der Waals surface area contributed by atoms with Gasteiger partial charge in [-0.3, -0.25) is 9.59 Å². The van der Waals surface area contributed by atoms with Crippen molar-refractivity contribution in [3.8, 4) is 5.75 Å². The third kappa shape index (κ3) is 4.02. The molecule has 1 saturated heterocycles. The first-order valence-corrected chi connectivity index (χ1v) is 9.82. The van der Waals surface area contributed by atoms with Crippen LogP contribution in [0.3, 0.4) is 0 Å². The first-order valence-electron chi connectivity index (χ1n) is 9.82. The van der Waals surface area contributed by atoms with Gasteiger partial charge in [-0.15, -0.1) is 0 Å². The molecule has 0 N–H and O–H groups in total. The molecule has 3 rings (SSSR count). The van der Waals surface area contributed by atoms with Crippen LogP contribution in [-0.4, -0.2) is 54.9 Å². The minimum absolute atomic E-state index is 0.0256. The van der Waals surface area contributed by atoms with E-state index in [9.17, 15) is 9.59 Å². The molecule has 1 aliphatic carbocycles. The molecule has 5 nitrogen and oxygen atoms in total. The van der Waals surface area contributed by atoms with Crippen LogP contribution in [0.25, 0.3) is 0 Å². The SMILES string of the molecule is COc1ccc(C(=O)N2CCCCCCN(C)C(=O)[C@@H]3CCC[C@@H]32)cc1. The highest BCUT2D eigenvalue weighted by Crippen LogP contribution is 2.33. The summed E-state index contributed by atoms with van der Waals surface area (Å²) >= 11 is 0. The Balaban J connectivity index is 1.85. The third-order valence-corrected chi connectivity index (χ3v) is 5.81. The molecule has 2 amide bonds. The van der Waals surface area contributed by atoms with Crippen molar-refractivity contribution in [1.82, 2.24) is 9.80 Å². The number of amides is 2. The Labute approximate surface area is 156 Å². The van der Waals surface area contributed by atoms with E-state index in [1.807, 2.05) is 41.1 Å². The number of carbonyl (C=O) groups is 2. The average molecular weight is 358 g/mol. The summed E-state index contributed by atoms with van der Waals surface area (Å²) in [6, 6.07) is 7.32. The van der Waals surface area contributed by atoms with E-state index in [-0.39, 0.29) is 23.8 Å². The van der Waals surface area contributed by atoms with Crippen molar-refractivity contribution in [2.45, 2.75) is 51.0 Å². The molecule has 0 aromatic heterocycles. The fourth-order valence-electron chi connectivity index (χ4n) is 4.30. The van der Waals surface area contributed by atoms with Gasteiger partial charge in [0.1, 0.15) is 5.75 Å². The number of rotatable bonds is 2. The van der Waals surface area contributed by atoms with Crippen molar-refractivity contribution >= 4 is 11.8 Å². The second kappa shape index (κ2) is 8.56. The Bertz CT molecular complexity index is 629. The summed E-state index contributed by atoms with van der Waals surface area (Å²) in [5.74, 6) is 0.941. The van der Waals surface area contributed by atoms with Crippen molar-refractivity contribution in [3.63, 3.8) is 0 Å². The molecule has 0 radical (unpaired) electrons. The van der Waals surface area contributed by atoms with Crippen molar-refractivity contribution in [2.75, 3.05) is 27.2 Å². The maximum atomic E-state index is 13.2. The zero-order valence-electron chi connectivity index (χ0n) is 15.9. The van der Waals surface area contributed by atoms with Crippen molar-refractivity contribution in [3.05, 3.63) is 29.8 Å². The predicted molar refractivity (Wildman–Crippen MR) is 101 cm³/mol. The van der Waals surface area contributed by atoms with Crippen LogP contribution in [0.15, 0.2) is 24.3 Å². The smallest absolute Gasteiger partial charge is 0.254 e. The van der Waals surface area contributed by atoms with Gasteiger partial charge in [-0.2, -0.15) is 0 Å². The highest BCUT2D eigenvalue weighted by Gasteiger charge is 2.40. The number of methoxy groups -OCH3 is 1. The first-order chi connectivity index (χ1) is 12.6. The lowest BCUT2D eigenvalue weighted by atomic mass is 9.99. The summed E-state index contributed by atoms with van der Waals surface area (Å²) in [6.07, 6.45) is 7.09. The topological polar surface area (TPSA) is 49.9 Å². The van der Waals surface area contributed by atoms with Gasteiger partial charge in [-0.05, 0) is 49.9 Å². The van der Waals surface area contributed by atoms with Gasteiger partial charge in [-0.1, -0.05) is 19.3 Å². The van der Waals surface area contributed by atoms with Crippen LogP contribution >= 0.6 is 0 Å². The van der Waals surface area contributed by atoms with E-state index in [0.717, 1.165) is 63.8 Å². The number of fused-ring (bicyclic) bond motifs is 1. The first kappa shape index (κ1) is 18.7. The molecule has 2 fully saturated rings. The van der Waals surface area contributed by atoms with Crippen LogP contribution in [0.1, 0.15) is 55.3 Å². The number of carbonyl (C=O) groups excluding carboxylic acids is 2. The molecule has 1 aliphatic heterocycles. The summed E-state index contributed by atoms with van der Waals surface area (Å²) in [5, 5.41) is 0. The van der Waals surface area contributed by atoms with E-state index < -0.39 is 0 Å². The predicted octanol–water partition coefficient (Wildman–Crippen LogP) is 3.34. The van der Waals surface area contributed by atoms with Gasteiger partial charge in [0.2, 0.25) is 5.91 Å². The van der Waals surface area contributed by atoms with Gasteiger partial charge in [0.05, 0.1) is 13.0 Å². The second-order valence-corrected chi connectivity index (χ2v) is 7.51. The molecule has 1 aromatic carbocycles. The summed E-state index contributed by atoms with van der Waals surface area (Å²) in [4.78, 5) is 30.0. The molecule has 2 aliphatic rings. The number of nitrogens with zero attached hydrogens (tertiary/aromatic N) is 2. The average Bonchev–Trinajstić information content (AvgIpc) is 3.14. The van der Waals surface area contributed by atoms with Crippen molar-refractivity contribution in [1.29, 1.82) is 0 Å². The molecular weight excluding hydrogens is 328 g/mol. The monoisotopic (exact) mass is 358 g/mol. The zero-order chi connectivity index (χ0) is 18.5. The normalized spacial score (nSPS) is 24.8. The van der Waals surface area contributed by atoms with Gasteiger partial charge >= 0.3 is 0 Å². The van der Waals surface area contributed by atoms with E-state index >= 15 is 0 Å². The Hall–Kier alpha value is -2.04. The Morgan fingerprint density at radius 2 is 1.69 bits per heavy atom. The molecular formula is C21H30N2O3. The summed E-state index contributed by atoms with van der Waals surface area (Å²) in [6.45, 7) is 1.57. The lowest BCUT2D eigenvalue weighted by Crippen LogP contribution is -2.47. The molecule has 26 heavy (non-hydrogen) atoms. The second-order valence-electron chi connectivity index (χ2n) is 7.51.